The SMILES string of the molecule is C=CCn1c(C)cc(C(=O)COc2ccccc2C(=O)NCC[N+](C)(C)CC(=O)c2cc(C)n(CC=C)c2C)c1C.[Cl-]. The molecule has 1 N–H and O–H groups in total. The number of likely N-dealkylation sites (N-methyl/N-ethyl adjacent to an activating group) is 1. The van der Waals surface area contributed by atoms with Crippen LogP contribution in [0.2, 0.25) is 0 Å². The van der Waals surface area contributed by atoms with E-state index in [4.69, 9.17) is 4.74 Å². The lowest BCUT2D eigenvalue weighted by Crippen LogP contribution is -3.00. The van der Waals surface area contributed by atoms with Crippen LogP contribution in [0.4, 0.5) is 0 Å². The minimum atomic E-state index is -0.295. The van der Waals surface area contributed by atoms with Gasteiger partial charge in [-0.05, 0) is 52.0 Å². The van der Waals surface area contributed by atoms with Crippen molar-refractivity contribution in [3.63, 3.8) is 0 Å². The molecular formula is C33H43ClN4O4. The van der Waals surface area contributed by atoms with Gasteiger partial charge in [-0.25, -0.2) is 0 Å². The Morgan fingerprint density at radius 3 is 1.93 bits per heavy atom. The number of ether oxygens (including phenoxy) is 1. The van der Waals surface area contributed by atoms with E-state index in [1.807, 2.05) is 64.6 Å². The van der Waals surface area contributed by atoms with Crippen LogP contribution in [0.1, 0.15) is 53.8 Å². The zero-order valence-electron chi connectivity index (χ0n) is 25.6. The van der Waals surface area contributed by atoms with Crippen LogP contribution in [-0.2, 0) is 13.1 Å². The third-order valence-electron chi connectivity index (χ3n) is 7.44. The second-order valence-corrected chi connectivity index (χ2v) is 11.1. The summed E-state index contributed by atoms with van der Waals surface area (Å²) < 4.78 is 10.4. The van der Waals surface area contributed by atoms with Crippen LogP contribution in [0, 0.1) is 27.7 Å². The Morgan fingerprint density at radius 1 is 0.857 bits per heavy atom. The molecule has 0 saturated carbocycles. The van der Waals surface area contributed by atoms with Crippen LogP contribution < -0.4 is 22.5 Å². The molecule has 0 spiro atoms. The highest BCUT2D eigenvalue weighted by Gasteiger charge is 2.25. The molecule has 0 radical (unpaired) electrons. The lowest BCUT2D eigenvalue weighted by atomic mass is 10.1. The van der Waals surface area contributed by atoms with Crippen LogP contribution in [0.3, 0.4) is 0 Å². The van der Waals surface area contributed by atoms with E-state index in [-0.39, 0.29) is 36.5 Å². The molecular weight excluding hydrogens is 552 g/mol. The first-order chi connectivity index (χ1) is 19.4. The summed E-state index contributed by atoms with van der Waals surface area (Å²) in [6.07, 6.45) is 3.62. The molecule has 226 valence electrons. The highest BCUT2D eigenvalue weighted by atomic mass is 35.5. The molecule has 1 amide bonds. The van der Waals surface area contributed by atoms with Crippen LogP contribution in [0.5, 0.6) is 5.75 Å². The molecule has 2 heterocycles. The van der Waals surface area contributed by atoms with Gasteiger partial charge in [0, 0.05) is 47.0 Å². The summed E-state index contributed by atoms with van der Waals surface area (Å²) in [7, 11) is 3.95. The monoisotopic (exact) mass is 594 g/mol. The van der Waals surface area contributed by atoms with Crippen molar-refractivity contribution in [1.29, 1.82) is 0 Å². The maximum absolute atomic E-state index is 13.1. The van der Waals surface area contributed by atoms with E-state index in [2.05, 4.69) is 23.0 Å². The molecule has 2 aromatic heterocycles. The van der Waals surface area contributed by atoms with Gasteiger partial charge in [-0.2, -0.15) is 0 Å². The Bertz CT molecular complexity index is 1460. The number of rotatable bonds is 15. The van der Waals surface area contributed by atoms with E-state index in [1.54, 1.807) is 30.3 Å². The first kappa shape index (κ1) is 34.3. The molecule has 1 aromatic carbocycles. The first-order valence-electron chi connectivity index (χ1n) is 13.8. The molecule has 0 unspecified atom stereocenters. The first-order valence-corrected chi connectivity index (χ1v) is 13.8. The zero-order chi connectivity index (χ0) is 30.3. The van der Waals surface area contributed by atoms with Crippen molar-refractivity contribution >= 4 is 17.5 Å². The maximum Gasteiger partial charge on any atom is 0.255 e. The van der Waals surface area contributed by atoms with Gasteiger partial charge in [-0.15, -0.1) is 13.2 Å². The Hall–Kier alpha value is -3.88. The molecule has 0 aliphatic carbocycles. The number of aryl methyl sites for hydroxylation is 2. The van der Waals surface area contributed by atoms with Gasteiger partial charge in [0.1, 0.15) is 12.3 Å². The number of carbonyl (C=O) groups is 3. The number of benzene rings is 1. The van der Waals surface area contributed by atoms with Gasteiger partial charge < -0.3 is 36.1 Å². The summed E-state index contributed by atoms with van der Waals surface area (Å²) in [5.41, 5.74) is 5.49. The fourth-order valence-electron chi connectivity index (χ4n) is 5.11. The highest BCUT2D eigenvalue weighted by Crippen LogP contribution is 2.21. The van der Waals surface area contributed by atoms with E-state index >= 15 is 0 Å². The van der Waals surface area contributed by atoms with Crippen molar-refractivity contribution in [2.45, 2.75) is 40.8 Å². The predicted octanol–water partition coefficient (Wildman–Crippen LogP) is 1.85. The van der Waals surface area contributed by atoms with Crippen molar-refractivity contribution in [2.75, 3.05) is 40.3 Å². The molecule has 8 nitrogen and oxygen atoms in total. The Balaban J connectivity index is 0.00000616. The van der Waals surface area contributed by atoms with Crippen molar-refractivity contribution in [3.05, 3.63) is 101 Å². The summed E-state index contributed by atoms with van der Waals surface area (Å²) in [4.78, 5) is 39.1. The Kier molecular flexibility index (Phi) is 12.1. The number of aromatic nitrogens is 2. The molecule has 0 aliphatic heterocycles. The molecule has 0 saturated heterocycles. The number of hydrogen-bond donors (Lipinski definition) is 1. The molecule has 9 heteroatoms. The topological polar surface area (TPSA) is 82.3 Å². The fourth-order valence-corrected chi connectivity index (χ4v) is 5.11. The normalized spacial score (nSPS) is 11.0. The van der Waals surface area contributed by atoms with Gasteiger partial charge >= 0.3 is 0 Å². The number of allylic oxidation sites excluding steroid dienone is 2. The third kappa shape index (κ3) is 8.11. The fraction of sp³-hybridized carbons (Fsp3) is 0.364. The van der Waals surface area contributed by atoms with Crippen LogP contribution in [0.25, 0.3) is 0 Å². The van der Waals surface area contributed by atoms with E-state index in [0.29, 0.717) is 54.1 Å². The third-order valence-corrected chi connectivity index (χ3v) is 7.44. The van der Waals surface area contributed by atoms with Gasteiger partial charge in [-0.1, -0.05) is 24.3 Å². The van der Waals surface area contributed by atoms with Gasteiger partial charge in [0.2, 0.25) is 11.6 Å². The van der Waals surface area contributed by atoms with Crippen molar-refractivity contribution in [1.82, 2.24) is 14.5 Å². The van der Waals surface area contributed by atoms with E-state index < -0.39 is 0 Å². The second-order valence-electron chi connectivity index (χ2n) is 11.1. The number of nitrogens with zero attached hydrogens (tertiary/aromatic N) is 3. The summed E-state index contributed by atoms with van der Waals surface area (Å²) in [5.74, 6) is -0.0374. The van der Waals surface area contributed by atoms with Crippen LogP contribution in [0.15, 0.2) is 61.7 Å². The largest absolute Gasteiger partial charge is 1.00 e. The standard InChI is InChI=1S/C33H42N4O4.ClH/c1-9-16-35-23(3)19-28(25(35)5)30(38)21-37(7,8)18-15-34-33(40)27-13-11-12-14-32(27)41-22-31(39)29-20-24(4)36(17-10-2)26(29)6;/h9-14,19-20H,1-2,15-18,21-22H2,3-8H3;1H. The van der Waals surface area contributed by atoms with Crippen LogP contribution >= 0.6 is 0 Å². The van der Waals surface area contributed by atoms with Gasteiger partial charge in [-0.3, -0.25) is 14.4 Å². The smallest absolute Gasteiger partial charge is 0.255 e. The maximum atomic E-state index is 13.1. The molecule has 0 aliphatic rings. The lowest BCUT2D eigenvalue weighted by molar-refractivity contribution is -0.880. The van der Waals surface area contributed by atoms with Gasteiger partial charge in [0.15, 0.2) is 6.61 Å². The number of ketones is 2. The molecule has 0 atom stereocenters. The summed E-state index contributed by atoms with van der Waals surface area (Å²) in [5, 5.41) is 2.94. The number of halogens is 1. The van der Waals surface area contributed by atoms with Crippen molar-refractivity contribution < 1.29 is 36.0 Å². The summed E-state index contributed by atoms with van der Waals surface area (Å²) >= 11 is 0. The Morgan fingerprint density at radius 2 is 1.38 bits per heavy atom. The number of nitrogens with one attached hydrogen (secondary N) is 1. The number of carbonyl (C=O) groups excluding carboxylic acids is 3. The molecule has 3 rings (SSSR count). The van der Waals surface area contributed by atoms with Crippen molar-refractivity contribution in [3.8, 4) is 5.75 Å². The van der Waals surface area contributed by atoms with Gasteiger partial charge in [0.25, 0.3) is 5.91 Å². The molecule has 0 bridgehead atoms. The number of para-hydroxylation sites is 1. The average Bonchev–Trinajstić information content (AvgIpc) is 3.37. The second kappa shape index (κ2) is 14.8. The van der Waals surface area contributed by atoms with E-state index in [0.717, 1.165) is 28.3 Å². The average molecular weight is 595 g/mol. The van der Waals surface area contributed by atoms with Crippen molar-refractivity contribution in [2.24, 2.45) is 0 Å². The summed E-state index contributed by atoms with van der Waals surface area (Å²) in [6.45, 7) is 17.7. The number of Topliss-reactive ketones (excluding diaryl/α,β-unsaturated/α-hetero) is 2. The van der Waals surface area contributed by atoms with Gasteiger partial charge in [0.05, 0.1) is 32.7 Å². The quantitative estimate of drug-likeness (QED) is 0.165. The molecule has 0 fully saturated rings. The molecule has 3 aromatic rings. The van der Waals surface area contributed by atoms with Crippen LogP contribution in [-0.4, -0.2) is 71.4 Å². The number of quaternary nitrogens is 1. The number of amides is 1. The summed E-state index contributed by atoms with van der Waals surface area (Å²) in [6, 6.07) is 10.7. The van der Waals surface area contributed by atoms with E-state index in [1.165, 1.54) is 0 Å². The minimum Gasteiger partial charge on any atom is -1.00 e. The van der Waals surface area contributed by atoms with E-state index in [9.17, 15) is 14.4 Å². The predicted molar refractivity (Wildman–Crippen MR) is 163 cm³/mol. The lowest BCUT2D eigenvalue weighted by Gasteiger charge is -2.29. The highest BCUT2D eigenvalue weighted by molar-refractivity contribution is 6.00. The minimum absolute atomic E-state index is 0. The zero-order valence-corrected chi connectivity index (χ0v) is 26.4. The Labute approximate surface area is 255 Å². The molecule has 42 heavy (non-hydrogen) atoms. The number of hydrogen-bond acceptors (Lipinski definition) is 4.